The molecule has 37 heavy (non-hydrogen) atoms. The summed E-state index contributed by atoms with van der Waals surface area (Å²) in [6.07, 6.45) is -1.34. The summed E-state index contributed by atoms with van der Waals surface area (Å²) in [5, 5.41) is 34.6. The molecule has 1 aromatic carbocycles. The lowest BCUT2D eigenvalue weighted by Crippen LogP contribution is -2.59. The van der Waals surface area contributed by atoms with Crippen molar-refractivity contribution in [3.63, 3.8) is 0 Å². The van der Waals surface area contributed by atoms with Gasteiger partial charge < -0.3 is 42.7 Å². The lowest BCUT2D eigenvalue weighted by Gasteiger charge is -2.26. The highest BCUT2D eigenvalue weighted by Crippen LogP contribution is 2.12. The van der Waals surface area contributed by atoms with Gasteiger partial charge in [-0.2, -0.15) is 0 Å². The minimum absolute atomic E-state index is 0.0291. The number of carboxylic acid groups (broad SMARTS) is 2. The molecule has 204 valence electrons. The second kappa shape index (κ2) is 14.4. The monoisotopic (exact) mass is 523 g/mol. The zero-order chi connectivity index (χ0) is 28.3. The van der Waals surface area contributed by atoms with E-state index in [1.807, 2.05) is 0 Å². The number of carbonyl (C=O) groups excluding carboxylic acids is 4. The topological polar surface area (TPSA) is 251 Å². The second-order valence-electron chi connectivity index (χ2n) is 8.77. The quantitative estimate of drug-likeness (QED) is 0.128. The number of carboxylic acids is 2. The lowest BCUT2D eigenvalue weighted by molar-refractivity contribution is -0.142. The van der Waals surface area contributed by atoms with Crippen LogP contribution in [0.4, 0.5) is 0 Å². The number of phenols is 1. The van der Waals surface area contributed by atoms with Gasteiger partial charge in [-0.1, -0.05) is 26.0 Å². The number of primary amides is 1. The van der Waals surface area contributed by atoms with Crippen LogP contribution in [-0.2, 0) is 35.2 Å². The third kappa shape index (κ3) is 10.9. The van der Waals surface area contributed by atoms with Crippen LogP contribution in [0.25, 0.3) is 0 Å². The molecule has 14 nitrogen and oxygen atoms in total. The maximum Gasteiger partial charge on any atom is 0.326 e. The summed E-state index contributed by atoms with van der Waals surface area (Å²) in [5.74, 6) is -6.66. The SMILES string of the molecule is CC(C)C(NC(=O)C(N)CCC(=O)O)C(=O)NC(CC(N)=O)C(=O)NC(Cc1ccc(O)cc1)C(=O)O. The van der Waals surface area contributed by atoms with Crippen LogP contribution in [0.5, 0.6) is 5.75 Å². The molecule has 10 N–H and O–H groups in total. The highest BCUT2D eigenvalue weighted by Gasteiger charge is 2.32. The Kier molecular flexibility index (Phi) is 12.0. The molecule has 4 atom stereocenters. The Morgan fingerprint density at radius 1 is 0.865 bits per heavy atom. The van der Waals surface area contributed by atoms with Gasteiger partial charge in [0.15, 0.2) is 0 Å². The Hall–Kier alpha value is -4.20. The molecular weight excluding hydrogens is 490 g/mol. The molecule has 4 unspecified atom stereocenters. The molecule has 1 aromatic rings. The molecule has 0 aromatic heterocycles. The van der Waals surface area contributed by atoms with Crippen molar-refractivity contribution in [2.24, 2.45) is 17.4 Å². The van der Waals surface area contributed by atoms with Gasteiger partial charge in [0.1, 0.15) is 23.9 Å². The van der Waals surface area contributed by atoms with Crippen LogP contribution in [0.2, 0.25) is 0 Å². The molecule has 0 heterocycles. The lowest BCUT2D eigenvalue weighted by atomic mass is 10.0. The Morgan fingerprint density at radius 2 is 1.43 bits per heavy atom. The first-order chi connectivity index (χ1) is 17.2. The number of phenolic OH excluding ortho intramolecular Hbond substituents is 1. The molecular formula is C23H33N5O9. The van der Waals surface area contributed by atoms with Crippen LogP contribution in [-0.4, -0.2) is 75.1 Å². The third-order valence-corrected chi connectivity index (χ3v) is 5.28. The maximum atomic E-state index is 12.9. The van der Waals surface area contributed by atoms with Crippen LogP contribution in [0.1, 0.15) is 38.7 Å². The van der Waals surface area contributed by atoms with Crippen molar-refractivity contribution in [1.82, 2.24) is 16.0 Å². The zero-order valence-corrected chi connectivity index (χ0v) is 20.5. The Balaban J connectivity index is 2.97. The van der Waals surface area contributed by atoms with E-state index in [0.29, 0.717) is 5.56 Å². The van der Waals surface area contributed by atoms with E-state index in [4.69, 9.17) is 16.6 Å². The summed E-state index contributed by atoms with van der Waals surface area (Å²) in [6, 6.07) is 0.238. The second-order valence-corrected chi connectivity index (χ2v) is 8.77. The van der Waals surface area contributed by atoms with E-state index in [9.17, 15) is 39.0 Å². The van der Waals surface area contributed by atoms with Crippen molar-refractivity contribution in [3.8, 4) is 5.75 Å². The van der Waals surface area contributed by atoms with Crippen LogP contribution in [0.3, 0.4) is 0 Å². The van der Waals surface area contributed by atoms with Gasteiger partial charge in [-0.15, -0.1) is 0 Å². The molecule has 0 saturated carbocycles. The molecule has 0 fully saturated rings. The number of rotatable bonds is 15. The number of benzene rings is 1. The summed E-state index contributed by atoms with van der Waals surface area (Å²) < 4.78 is 0. The Labute approximate surface area is 212 Å². The van der Waals surface area contributed by atoms with E-state index in [0.717, 1.165) is 0 Å². The number of aromatic hydroxyl groups is 1. The van der Waals surface area contributed by atoms with Crippen LogP contribution in [0.15, 0.2) is 24.3 Å². The van der Waals surface area contributed by atoms with Gasteiger partial charge in [0.25, 0.3) is 0 Å². The summed E-state index contributed by atoms with van der Waals surface area (Å²) in [4.78, 5) is 72.1. The van der Waals surface area contributed by atoms with Gasteiger partial charge in [-0.3, -0.25) is 24.0 Å². The molecule has 1 rings (SSSR count). The van der Waals surface area contributed by atoms with Crippen molar-refractivity contribution >= 4 is 35.6 Å². The van der Waals surface area contributed by atoms with Crippen molar-refractivity contribution in [3.05, 3.63) is 29.8 Å². The fourth-order valence-electron chi connectivity index (χ4n) is 3.22. The summed E-state index contributed by atoms with van der Waals surface area (Å²) >= 11 is 0. The number of nitrogens with two attached hydrogens (primary N) is 2. The summed E-state index contributed by atoms with van der Waals surface area (Å²) in [6.45, 7) is 3.18. The van der Waals surface area contributed by atoms with Gasteiger partial charge in [0.05, 0.1) is 12.5 Å². The highest BCUT2D eigenvalue weighted by molar-refractivity contribution is 5.96. The molecule has 0 saturated heterocycles. The summed E-state index contributed by atoms with van der Waals surface area (Å²) in [7, 11) is 0. The van der Waals surface area contributed by atoms with Gasteiger partial charge in [0.2, 0.25) is 23.6 Å². The number of amides is 4. The third-order valence-electron chi connectivity index (χ3n) is 5.28. The van der Waals surface area contributed by atoms with Crippen LogP contribution in [0, 0.1) is 5.92 Å². The van der Waals surface area contributed by atoms with Crippen molar-refractivity contribution in [1.29, 1.82) is 0 Å². The first-order valence-corrected chi connectivity index (χ1v) is 11.4. The van der Waals surface area contributed by atoms with Gasteiger partial charge in [0, 0.05) is 12.8 Å². The predicted molar refractivity (Wildman–Crippen MR) is 129 cm³/mol. The molecule has 14 heteroatoms. The molecule has 0 spiro atoms. The molecule has 0 bridgehead atoms. The average Bonchev–Trinajstić information content (AvgIpc) is 2.80. The minimum Gasteiger partial charge on any atom is -0.508 e. The van der Waals surface area contributed by atoms with E-state index in [2.05, 4.69) is 16.0 Å². The highest BCUT2D eigenvalue weighted by atomic mass is 16.4. The standard InChI is InChI=1S/C23H33N5O9/c1-11(2)19(28-20(33)14(24)7-8-18(31)32)22(35)26-15(10-17(25)30)21(34)27-16(23(36)37)9-12-3-5-13(29)6-4-12/h3-6,11,14-16,19,29H,7-10,24H2,1-2H3,(H2,25,30)(H,26,35)(H,27,34)(H,28,33)(H,31,32)(H,36,37). The van der Waals surface area contributed by atoms with Gasteiger partial charge in [-0.05, 0) is 30.0 Å². The van der Waals surface area contributed by atoms with Crippen LogP contribution >= 0.6 is 0 Å². The Bertz CT molecular complexity index is 997. The predicted octanol–water partition coefficient (Wildman–Crippen LogP) is -1.80. The summed E-state index contributed by atoms with van der Waals surface area (Å²) in [5.41, 5.74) is 11.4. The largest absolute Gasteiger partial charge is 0.508 e. The number of nitrogens with one attached hydrogen (secondary N) is 3. The molecule has 0 aliphatic rings. The van der Waals surface area contributed by atoms with Gasteiger partial charge in [-0.25, -0.2) is 4.79 Å². The van der Waals surface area contributed by atoms with E-state index in [1.165, 1.54) is 24.3 Å². The number of carbonyl (C=O) groups is 6. The molecule has 0 aliphatic heterocycles. The number of aliphatic carboxylic acids is 2. The molecule has 0 radical (unpaired) electrons. The van der Waals surface area contributed by atoms with E-state index >= 15 is 0 Å². The smallest absolute Gasteiger partial charge is 0.326 e. The van der Waals surface area contributed by atoms with Crippen molar-refractivity contribution in [2.75, 3.05) is 0 Å². The fraction of sp³-hybridized carbons (Fsp3) is 0.478. The normalized spacial score (nSPS) is 14.1. The average molecular weight is 524 g/mol. The van der Waals surface area contributed by atoms with E-state index in [-0.39, 0.29) is 25.0 Å². The van der Waals surface area contributed by atoms with Crippen molar-refractivity contribution in [2.45, 2.75) is 63.7 Å². The van der Waals surface area contributed by atoms with Crippen molar-refractivity contribution < 1.29 is 44.1 Å². The van der Waals surface area contributed by atoms with Gasteiger partial charge >= 0.3 is 11.9 Å². The maximum absolute atomic E-state index is 12.9. The number of hydrogen-bond donors (Lipinski definition) is 8. The van der Waals surface area contributed by atoms with E-state index < -0.39 is 72.1 Å². The molecule has 4 amide bonds. The first-order valence-electron chi connectivity index (χ1n) is 11.4. The Morgan fingerprint density at radius 3 is 1.92 bits per heavy atom. The number of hydrogen-bond acceptors (Lipinski definition) is 8. The molecule has 0 aliphatic carbocycles. The minimum atomic E-state index is -1.55. The van der Waals surface area contributed by atoms with Crippen LogP contribution < -0.4 is 27.4 Å². The van der Waals surface area contributed by atoms with E-state index in [1.54, 1.807) is 13.8 Å². The first kappa shape index (κ1) is 30.8. The zero-order valence-electron chi connectivity index (χ0n) is 20.5. The fourth-order valence-corrected chi connectivity index (χ4v) is 3.22.